The smallest absolute Gasteiger partial charge is 0.116 e. The summed E-state index contributed by atoms with van der Waals surface area (Å²) in [5.74, 6) is 0. The molecule has 2 rings (SSSR count). The summed E-state index contributed by atoms with van der Waals surface area (Å²) in [6.45, 7) is 0.949. The standard InChI is InChI=1S/C10H12BrN3S/c1-12-5-4-7-9(11)10(14-13-7)8-3-2-6-15-8/h2-3,6,12H,4-5H2,1H3,(H,13,14). The molecular weight excluding hydrogens is 274 g/mol. The Hall–Kier alpha value is -0.650. The molecular formula is C10H12BrN3S. The zero-order valence-corrected chi connectivity index (χ0v) is 10.8. The van der Waals surface area contributed by atoms with Gasteiger partial charge in [-0.25, -0.2) is 0 Å². The number of nitrogens with one attached hydrogen (secondary N) is 2. The first-order valence-corrected chi connectivity index (χ1v) is 6.41. The number of aromatic amines is 1. The molecule has 2 aromatic heterocycles. The van der Waals surface area contributed by atoms with Crippen LogP contribution in [0.3, 0.4) is 0 Å². The van der Waals surface area contributed by atoms with E-state index in [9.17, 15) is 0 Å². The lowest BCUT2D eigenvalue weighted by Gasteiger charge is -1.97. The maximum Gasteiger partial charge on any atom is 0.116 e. The highest BCUT2D eigenvalue weighted by molar-refractivity contribution is 9.10. The van der Waals surface area contributed by atoms with Crippen LogP contribution in [0.25, 0.3) is 10.6 Å². The lowest BCUT2D eigenvalue weighted by molar-refractivity contribution is 0.770. The molecule has 2 N–H and O–H groups in total. The number of thiophene rings is 1. The van der Waals surface area contributed by atoms with Crippen molar-refractivity contribution in [3.8, 4) is 10.6 Å². The van der Waals surface area contributed by atoms with E-state index in [1.54, 1.807) is 11.3 Å². The first kappa shape index (κ1) is 10.9. The van der Waals surface area contributed by atoms with E-state index in [4.69, 9.17) is 0 Å². The molecule has 0 spiro atoms. The van der Waals surface area contributed by atoms with Gasteiger partial charge in [0.25, 0.3) is 0 Å². The molecule has 0 radical (unpaired) electrons. The van der Waals surface area contributed by atoms with Gasteiger partial charge in [-0.05, 0) is 34.4 Å². The summed E-state index contributed by atoms with van der Waals surface area (Å²) in [4.78, 5) is 1.19. The van der Waals surface area contributed by atoms with Crippen LogP contribution in [-0.2, 0) is 6.42 Å². The van der Waals surface area contributed by atoms with Crippen molar-refractivity contribution >= 4 is 27.3 Å². The van der Waals surface area contributed by atoms with E-state index >= 15 is 0 Å². The largest absolute Gasteiger partial charge is 0.319 e. The van der Waals surface area contributed by atoms with E-state index in [0.717, 1.165) is 28.8 Å². The van der Waals surface area contributed by atoms with Crippen LogP contribution in [0.1, 0.15) is 5.69 Å². The van der Waals surface area contributed by atoms with Gasteiger partial charge in [0.05, 0.1) is 15.0 Å². The zero-order valence-electron chi connectivity index (χ0n) is 8.38. The highest BCUT2D eigenvalue weighted by Gasteiger charge is 2.12. The molecule has 2 heterocycles. The first-order chi connectivity index (χ1) is 7.33. The van der Waals surface area contributed by atoms with E-state index in [-0.39, 0.29) is 0 Å². The molecule has 0 aliphatic rings. The summed E-state index contributed by atoms with van der Waals surface area (Å²) in [6, 6.07) is 4.11. The van der Waals surface area contributed by atoms with Gasteiger partial charge >= 0.3 is 0 Å². The molecule has 0 fully saturated rings. The van der Waals surface area contributed by atoms with Crippen LogP contribution in [-0.4, -0.2) is 23.8 Å². The Morgan fingerprint density at radius 1 is 1.60 bits per heavy atom. The number of likely N-dealkylation sites (N-methyl/N-ethyl adjacent to an activating group) is 1. The minimum absolute atomic E-state index is 0.949. The van der Waals surface area contributed by atoms with Crippen molar-refractivity contribution in [2.45, 2.75) is 6.42 Å². The van der Waals surface area contributed by atoms with Gasteiger partial charge in [-0.2, -0.15) is 5.10 Å². The van der Waals surface area contributed by atoms with Crippen molar-refractivity contribution in [1.29, 1.82) is 0 Å². The average molecular weight is 286 g/mol. The molecule has 3 nitrogen and oxygen atoms in total. The summed E-state index contributed by atoms with van der Waals surface area (Å²) >= 11 is 5.29. The molecule has 80 valence electrons. The SMILES string of the molecule is CNCCc1[nH]nc(-c2cccs2)c1Br. The number of aromatic nitrogens is 2. The van der Waals surface area contributed by atoms with Crippen molar-refractivity contribution in [2.75, 3.05) is 13.6 Å². The lowest BCUT2D eigenvalue weighted by atomic mass is 10.2. The third-order valence-corrected chi connectivity index (χ3v) is 3.89. The molecule has 0 aromatic carbocycles. The Balaban J connectivity index is 2.24. The fourth-order valence-electron chi connectivity index (χ4n) is 1.36. The third kappa shape index (κ3) is 2.30. The average Bonchev–Trinajstić information content (AvgIpc) is 2.84. The number of rotatable bonds is 4. The van der Waals surface area contributed by atoms with E-state index < -0.39 is 0 Å². The van der Waals surface area contributed by atoms with Crippen LogP contribution in [0.15, 0.2) is 22.0 Å². The highest BCUT2D eigenvalue weighted by Crippen LogP contribution is 2.31. The molecule has 2 aromatic rings. The lowest BCUT2D eigenvalue weighted by Crippen LogP contribution is -2.10. The number of nitrogens with zero attached hydrogens (tertiary/aromatic N) is 1. The molecule has 15 heavy (non-hydrogen) atoms. The minimum Gasteiger partial charge on any atom is -0.319 e. The molecule has 0 saturated heterocycles. The Kier molecular flexibility index (Phi) is 3.56. The maximum atomic E-state index is 4.32. The monoisotopic (exact) mass is 285 g/mol. The second-order valence-electron chi connectivity index (χ2n) is 3.20. The van der Waals surface area contributed by atoms with Crippen LogP contribution >= 0.6 is 27.3 Å². The Morgan fingerprint density at radius 3 is 3.13 bits per heavy atom. The number of hydrogen-bond acceptors (Lipinski definition) is 3. The van der Waals surface area contributed by atoms with E-state index in [1.807, 2.05) is 13.1 Å². The molecule has 0 aliphatic carbocycles. The second kappa shape index (κ2) is 4.92. The van der Waals surface area contributed by atoms with Crippen molar-refractivity contribution < 1.29 is 0 Å². The molecule has 0 unspecified atom stereocenters. The second-order valence-corrected chi connectivity index (χ2v) is 4.94. The molecule has 0 bridgehead atoms. The molecule has 0 aliphatic heterocycles. The van der Waals surface area contributed by atoms with Crippen molar-refractivity contribution in [3.63, 3.8) is 0 Å². The molecule has 0 amide bonds. The van der Waals surface area contributed by atoms with Crippen LogP contribution in [0.2, 0.25) is 0 Å². The first-order valence-electron chi connectivity index (χ1n) is 4.74. The van der Waals surface area contributed by atoms with Gasteiger partial charge in [0, 0.05) is 13.0 Å². The summed E-state index contributed by atoms with van der Waals surface area (Å²) < 4.78 is 1.08. The predicted octanol–water partition coefficient (Wildman–Crippen LogP) is 2.66. The van der Waals surface area contributed by atoms with Gasteiger partial charge in [0.15, 0.2) is 0 Å². The van der Waals surface area contributed by atoms with Gasteiger partial charge in [0.1, 0.15) is 5.69 Å². The third-order valence-electron chi connectivity index (χ3n) is 2.16. The Labute approximate surface area is 101 Å². The zero-order chi connectivity index (χ0) is 10.7. The van der Waals surface area contributed by atoms with Gasteiger partial charge in [-0.15, -0.1) is 11.3 Å². The van der Waals surface area contributed by atoms with Gasteiger partial charge in [0.2, 0.25) is 0 Å². The van der Waals surface area contributed by atoms with Gasteiger partial charge < -0.3 is 5.32 Å². The van der Waals surface area contributed by atoms with Crippen molar-refractivity contribution in [2.24, 2.45) is 0 Å². The number of halogens is 1. The summed E-state index contributed by atoms with van der Waals surface area (Å²) in [5.41, 5.74) is 2.16. The van der Waals surface area contributed by atoms with Crippen LogP contribution in [0, 0.1) is 0 Å². The number of hydrogen-bond donors (Lipinski definition) is 2. The summed E-state index contributed by atoms with van der Waals surface area (Å²) in [5, 5.41) is 12.6. The summed E-state index contributed by atoms with van der Waals surface area (Å²) in [6.07, 6.45) is 0.954. The molecule has 5 heteroatoms. The van der Waals surface area contributed by atoms with Gasteiger partial charge in [-0.1, -0.05) is 6.07 Å². The van der Waals surface area contributed by atoms with Crippen molar-refractivity contribution in [1.82, 2.24) is 15.5 Å². The topological polar surface area (TPSA) is 40.7 Å². The van der Waals surface area contributed by atoms with Gasteiger partial charge in [-0.3, -0.25) is 5.10 Å². The van der Waals surface area contributed by atoms with Crippen molar-refractivity contribution in [3.05, 3.63) is 27.7 Å². The fraction of sp³-hybridized carbons (Fsp3) is 0.300. The predicted molar refractivity (Wildman–Crippen MR) is 67.2 cm³/mol. The molecule has 0 atom stereocenters. The van der Waals surface area contributed by atoms with E-state index in [1.165, 1.54) is 4.88 Å². The van der Waals surface area contributed by atoms with E-state index in [2.05, 4.69) is 42.9 Å². The van der Waals surface area contributed by atoms with Crippen LogP contribution < -0.4 is 5.32 Å². The Morgan fingerprint density at radius 2 is 2.47 bits per heavy atom. The summed E-state index contributed by atoms with van der Waals surface area (Å²) in [7, 11) is 1.95. The minimum atomic E-state index is 0.949. The number of H-pyrrole nitrogens is 1. The molecule has 0 saturated carbocycles. The fourth-order valence-corrected chi connectivity index (χ4v) is 2.80. The van der Waals surface area contributed by atoms with E-state index in [0.29, 0.717) is 0 Å². The Bertz CT molecular complexity index is 422. The normalized spacial score (nSPS) is 10.8. The van der Waals surface area contributed by atoms with Crippen LogP contribution in [0.4, 0.5) is 0 Å². The highest BCUT2D eigenvalue weighted by atomic mass is 79.9. The van der Waals surface area contributed by atoms with Crippen LogP contribution in [0.5, 0.6) is 0 Å². The quantitative estimate of drug-likeness (QED) is 0.907. The maximum absolute atomic E-state index is 4.32.